The first-order valence-corrected chi connectivity index (χ1v) is 7.25. The number of likely N-dealkylation sites (N-methyl/N-ethyl adjacent to an activating group) is 1. The average Bonchev–Trinajstić information content (AvgIpc) is 2.73. The fourth-order valence-corrected chi connectivity index (χ4v) is 3.06. The Morgan fingerprint density at radius 1 is 1.40 bits per heavy atom. The number of anilines is 1. The number of aromatic nitrogens is 2. The van der Waals surface area contributed by atoms with E-state index in [1.807, 2.05) is 25.7 Å². The third-order valence-corrected chi connectivity index (χ3v) is 3.99. The minimum Gasteiger partial charge on any atom is -0.357 e. The Morgan fingerprint density at radius 3 is 2.80 bits per heavy atom. The summed E-state index contributed by atoms with van der Waals surface area (Å²) in [5.41, 5.74) is 2.21. The van der Waals surface area contributed by atoms with Gasteiger partial charge in [-0.25, -0.2) is 0 Å². The largest absolute Gasteiger partial charge is 0.357 e. The molecule has 0 saturated carbocycles. The van der Waals surface area contributed by atoms with Gasteiger partial charge < -0.3 is 15.5 Å². The van der Waals surface area contributed by atoms with E-state index < -0.39 is 0 Å². The second kappa shape index (κ2) is 6.26. The van der Waals surface area contributed by atoms with Crippen molar-refractivity contribution in [1.82, 2.24) is 20.4 Å². The van der Waals surface area contributed by atoms with Crippen molar-refractivity contribution in [2.24, 2.45) is 7.05 Å². The topological polar surface area (TPSA) is 62.2 Å². The van der Waals surface area contributed by atoms with Gasteiger partial charge in [0.1, 0.15) is 11.9 Å². The highest BCUT2D eigenvalue weighted by atomic mass is 16.2. The molecule has 20 heavy (non-hydrogen) atoms. The maximum Gasteiger partial charge on any atom is 0.242 e. The molecule has 6 nitrogen and oxygen atoms in total. The van der Waals surface area contributed by atoms with Crippen LogP contribution in [-0.4, -0.2) is 42.4 Å². The van der Waals surface area contributed by atoms with Gasteiger partial charge in [-0.05, 0) is 33.2 Å². The first kappa shape index (κ1) is 14.8. The predicted molar refractivity (Wildman–Crippen MR) is 79.8 cm³/mol. The second-order valence-electron chi connectivity index (χ2n) is 5.36. The number of carbonyl (C=O) groups excluding carboxylic acids is 1. The third-order valence-electron chi connectivity index (χ3n) is 3.99. The van der Waals surface area contributed by atoms with Crippen LogP contribution >= 0.6 is 0 Å². The Labute approximate surface area is 120 Å². The van der Waals surface area contributed by atoms with Crippen molar-refractivity contribution in [2.75, 3.05) is 25.5 Å². The van der Waals surface area contributed by atoms with Gasteiger partial charge in [0, 0.05) is 32.7 Å². The van der Waals surface area contributed by atoms with Crippen LogP contribution in [0.4, 0.5) is 5.82 Å². The lowest BCUT2D eigenvalue weighted by Gasteiger charge is -2.36. The molecule has 1 atom stereocenters. The Morgan fingerprint density at radius 2 is 2.15 bits per heavy atom. The summed E-state index contributed by atoms with van der Waals surface area (Å²) in [5, 5.41) is 10.5. The molecule has 6 heteroatoms. The van der Waals surface area contributed by atoms with Crippen molar-refractivity contribution in [2.45, 2.75) is 38.8 Å². The normalized spacial score (nSPS) is 19.2. The van der Waals surface area contributed by atoms with Gasteiger partial charge in [-0.3, -0.25) is 9.48 Å². The summed E-state index contributed by atoms with van der Waals surface area (Å²) in [6.45, 7) is 3.70. The van der Waals surface area contributed by atoms with Gasteiger partial charge in [0.05, 0.1) is 5.69 Å². The van der Waals surface area contributed by atoms with Crippen molar-refractivity contribution < 1.29 is 4.79 Å². The van der Waals surface area contributed by atoms with Gasteiger partial charge >= 0.3 is 0 Å². The lowest BCUT2D eigenvalue weighted by molar-refractivity contribution is -0.122. The first-order chi connectivity index (χ1) is 9.60. The molecule has 1 saturated heterocycles. The van der Waals surface area contributed by atoms with E-state index in [4.69, 9.17) is 0 Å². The summed E-state index contributed by atoms with van der Waals surface area (Å²) in [5.74, 6) is 1.17. The van der Waals surface area contributed by atoms with Gasteiger partial charge in [-0.1, -0.05) is 0 Å². The molecule has 0 aromatic carbocycles. The maximum atomic E-state index is 12.1. The Hall–Kier alpha value is -1.56. The number of aryl methyl sites for hydroxylation is 2. The molecule has 1 aromatic heterocycles. The summed E-state index contributed by atoms with van der Waals surface area (Å²) in [6, 6.07) is -0.0841. The molecule has 0 aliphatic carbocycles. The molecular formula is C14H25N5O. The average molecular weight is 279 g/mol. The van der Waals surface area contributed by atoms with E-state index in [-0.39, 0.29) is 11.9 Å². The van der Waals surface area contributed by atoms with E-state index in [2.05, 4.69) is 20.6 Å². The maximum absolute atomic E-state index is 12.1. The number of hydrogen-bond donors (Lipinski definition) is 2. The highest BCUT2D eigenvalue weighted by Crippen LogP contribution is 2.29. The van der Waals surface area contributed by atoms with Crippen LogP contribution in [-0.2, 0) is 18.4 Å². The highest BCUT2D eigenvalue weighted by Gasteiger charge is 2.31. The number of carbonyl (C=O) groups is 1. The fraction of sp³-hybridized carbons (Fsp3) is 0.714. The van der Waals surface area contributed by atoms with Gasteiger partial charge in [0.15, 0.2) is 0 Å². The Bertz CT molecular complexity index is 482. The van der Waals surface area contributed by atoms with Gasteiger partial charge in [0.25, 0.3) is 0 Å². The standard InChI is InChI=1S/C14H25N5O/c1-10-11(9-15-2)14(18(4)17-10)19-8-6-5-7-12(19)13(20)16-3/h12,15H,5-9H2,1-4H3,(H,16,20). The van der Waals surface area contributed by atoms with Crippen molar-refractivity contribution >= 4 is 11.7 Å². The molecule has 0 radical (unpaired) electrons. The fourth-order valence-electron chi connectivity index (χ4n) is 3.06. The van der Waals surface area contributed by atoms with Crippen LogP contribution in [0.25, 0.3) is 0 Å². The smallest absolute Gasteiger partial charge is 0.242 e. The number of nitrogens with one attached hydrogen (secondary N) is 2. The summed E-state index contributed by atoms with van der Waals surface area (Å²) in [4.78, 5) is 14.4. The van der Waals surface area contributed by atoms with Crippen LogP contribution in [0.5, 0.6) is 0 Å². The lowest BCUT2D eigenvalue weighted by Crippen LogP contribution is -2.49. The summed E-state index contributed by atoms with van der Waals surface area (Å²) < 4.78 is 1.91. The van der Waals surface area contributed by atoms with Gasteiger partial charge in [0.2, 0.25) is 5.91 Å². The van der Waals surface area contributed by atoms with Crippen molar-refractivity contribution in [1.29, 1.82) is 0 Å². The van der Waals surface area contributed by atoms with Crippen LogP contribution in [0.15, 0.2) is 0 Å². The SMILES string of the molecule is CNCc1c(C)nn(C)c1N1CCCCC1C(=O)NC. The number of rotatable bonds is 4. The predicted octanol–water partition coefficient (Wildman–Crippen LogP) is 0.553. The number of amides is 1. The van der Waals surface area contributed by atoms with E-state index in [9.17, 15) is 4.79 Å². The van der Waals surface area contributed by atoms with Crippen LogP contribution in [0.1, 0.15) is 30.5 Å². The highest BCUT2D eigenvalue weighted by molar-refractivity contribution is 5.85. The van der Waals surface area contributed by atoms with E-state index >= 15 is 0 Å². The summed E-state index contributed by atoms with van der Waals surface area (Å²) in [6.07, 6.45) is 3.13. The number of hydrogen-bond acceptors (Lipinski definition) is 4. The first-order valence-electron chi connectivity index (χ1n) is 7.25. The zero-order valence-electron chi connectivity index (χ0n) is 12.9. The quantitative estimate of drug-likeness (QED) is 0.845. The van der Waals surface area contributed by atoms with E-state index in [1.54, 1.807) is 7.05 Å². The van der Waals surface area contributed by atoms with Crippen LogP contribution in [0.2, 0.25) is 0 Å². The van der Waals surface area contributed by atoms with Crippen LogP contribution < -0.4 is 15.5 Å². The van der Waals surface area contributed by atoms with E-state index in [0.717, 1.165) is 43.9 Å². The molecule has 112 valence electrons. The molecule has 1 fully saturated rings. The minimum atomic E-state index is -0.0841. The molecular weight excluding hydrogens is 254 g/mol. The molecule has 1 amide bonds. The third kappa shape index (κ3) is 2.65. The molecule has 1 aliphatic heterocycles. The van der Waals surface area contributed by atoms with E-state index in [0.29, 0.717) is 0 Å². The number of nitrogens with zero attached hydrogens (tertiary/aromatic N) is 3. The Balaban J connectivity index is 2.39. The molecule has 2 rings (SSSR count). The molecule has 1 aromatic rings. The Kier molecular flexibility index (Phi) is 4.65. The van der Waals surface area contributed by atoms with Gasteiger partial charge in [-0.15, -0.1) is 0 Å². The molecule has 1 unspecified atom stereocenters. The molecule has 0 spiro atoms. The lowest BCUT2D eigenvalue weighted by atomic mass is 10.0. The van der Waals surface area contributed by atoms with Crippen molar-refractivity contribution in [3.63, 3.8) is 0 Å². The zero-order chi connectivity index (χ0) is 14.7. The molecule has 1 aliphatic rings. The summed E-state index contributed by atoms with van der Waals surface area (Å²) in [7, 11) is 5.60. The second-order valence-corrected chi connectivity index (χ2v) is 5.36. The number of piperidine rings is 1. The van der Waals surface area contributed by atoms with Crippen LogP contribution in [0, 0.1) is 6.92 Å². The molecule has 0 bridgehead atoms. The monoisotopic (exact) mass is 279 g/mol. The van der Waals surface area contributed by atoms with E-state index in [1.165, 1.54) is 5.56 Å². The van der Waals surface area contributed by atoms with Crippen LogP contribution in [0.3, 0.4) is 0 Å². The minimum absolute atomic E-state index is 0.0841. The van der Waals surface area contributed by atoms with Gasteiger partial charge in [-0.2, -0.15) is 5.10 Å². The molecule has 2 N–H and O–H groups in total. The van der Waals surface area contributed by atoms with Crippen molar-refractivity contribution in [3.8, 4) is 0 Å². The van der Waals surface area contributed by atoms with Crippen molar-refractivity contribution in [3.05, 3.63) is 11.3 Å². The summed E-state index contributed by atoms with van der Waals surface area (Å²) >= 11 is 0. The zero-order valence-corrected chi connectivity index (χ0v) is 12.9. The molecule has 2 heterocycles.